The maximum atomic E-state index is 13.3. The summed E-state index contributed by atoms with van der Waals surface area (Å²) in [7, 11) is 0. The monoisotopic (exact) mass is 809 g/mol. The van der Waals surface area contributed by atoms with Crippen LogP contribution in [0.4, 0.5) is 9.59 Å². The van der Waals surface area contributed by atoms with E-state index in [1.54, 1.807) is 0 Å². The molecule has 5 aliphatic heterocycles. The molecule has 2 saturated heterocycles. The second-order valence-corrected chi connectivity index (χ2v) is 19.8. The van der Waals surface area contributed by atoms with Crippen LogP contribution in [0.5, 0.6) is 11.5 Å². The van der Waals surface area contributed by atoms with Crippen LogP contribution in [0.25, 0.3) is 28.0 Å². The minimum Gasteiger partial charge on any atom is -0.488 e. The SMILES string of the molecule is CC(C)(C)OC(=O)N1CC2(CC2)C[C@H]1C1=NC=C(c2cc3c4c(c2)OCc2cc(-c5nc([C@@H]6CC7(CC7)CN6C(=O)OC(C)(C)C)[nH]c5Br)cc(c2-4)OC3)C1. The Hall–Kier alpha value is -4.32. The van der Waals surface area contributed by atoms with Crippen LogP contribution in [0.1, 0.15) is 115 Å². The molecule has 1 aromatic heterocycles. The van der Waals surface area contributed by atoms with Gasteiger partial charge in [0.05, 0.1) is 12.1 Å². The summed E-state index contributed by atoms with van der Waals surface area (Å²) in [5, 5.41) is 0. The summed E-state index contributed by atoms with van der Waals surface area (Å²) in [5.41, 5.74) is 8.42. The van der Waals surface area contributed by atoms with E-state index in [1.807, 2.05) is 57.5 Å². The number of benzene rings is 2. The number of nitrogens with one attached hydrogen (secondary N) is 1. The first-order chi connectivity index (χ1) is 26.0. The largest absolute Gasteiger partial charge is 0.488 e. The molecule has 0 unspecified atom stereocenters. The number of aromatic amines is 1. The molecule has 10 rings (SSSR count). The molecule has 11 nitrogen and oxygen atoms in total. The van der Waals surface area contributed by atoms with Gasteiger partial charge < -0.3 is 23.9 Å². The lowest BCUT2D eigenvalue weighted by Crippen LogP contribution is -2.43. The van der Waals surface area contributed by atoms with Crippen molar-refractivity contribution < 1.29 is 28.5 Å². The molecule has 2 aromatic carbocycles. The zero-order valence-corrected chi connectivity index (χ0v) is 34.0. The molecule has 4 fully saturated rings. The van der Waals surface area contributed by atoms with Gasteiger partial charge in [0.2, 0.25) is 0 Å². The molecule has 288 valence electrons. The maximum Gasteiger partial charge on any atom is 0.410 e. The number of ether oxygens (including phenoxy) is 4. The van der Waals surface area contributed by atoms with E-state index in [1.165, 1.54) is 0 Å². The van der Waals surface area contributed by atoms with Crippen molar-refractivity contribution in [2.75, 3.05) is 13.1 Å². The minimum absolute atomic E-state index is 0.0483. The van der Waals surface area contributed by atoms with Gasteiger partial charge in [-0.25, -0.2) is 14.6 Å². The predicted octanol–water partition coefficient (Wildman–Crippen LogP) is 9.73. The average molecular weight is 811 g/mol. The lowest BCUT2D eigenvalue weighted by molar-refractivity contribution is 0.0210. The lowest BCUT2D eigenvalue weighted by Gasteiger charge is -2.30. The maximum absolute atomic E-state index is 13.3. The Bertz CT molecular complexity index is 2180. The molecule has 0 bridgehead atoms. The van der Waals surface area contributed by atoms with Crippen LogP contribution in [0.3, 0.4) is 0 Å². The number of hydrogen-bond acceptors (Lipinski definition) is 8. The quantitative estimate of drug-likeness (QED) is 0.279. The van der Waals surface area contributed by atoms with Crippen molar-refractivity contribution in [3.8, 4) is 33.9 Å². The Morgan fingerprint density at radius 3 is 1.89 bits per heavy atom. The number of halogens is 1. The van der Waals surface area contributed by atoms with Crippen LogP contribution in [0.15, 0.2) is 40.1 Å². The summed E-state index contributed by atoms with van der Waals surface area (Å²) in [5.74, 6) is 2.41. The molecular weight excluding hydrogens is 762 g/mol. The molecule has 55 heavy (non-hydrogen) atoms. The van der Waals surface area contributed by atoms with E-state index in [0.717, 1.165) is 117 Å². The molecule has 2 amide bonds. The predicted molar refractivity (Wildman–Crippen MR) is 211 cm³/mol. The molecular formula is C43H48BrN5O6. The highest BCUT2D eigenvalue weighted by molar-refractivity contribution is 9.10. The fraction of sp³-hybridized carbons (Fsp3) is 0.535. The van der Waals surface area contributed by atoms with Gasteiger partial charge in [-0.3, -0.25) is 14.8 Å². The van der Waals surface area contributed by atoms with Crippen molar-refractivity contribution in [1.29, 1.82) is 0 Å². The van der Waals surface area contributed by atoms with Gasteiger partial charge in [-0.2, -0.15) is 0 Å². The van der Waals surface area contributed by atoms with Crippen LogP contribution < -0.4 is 9.47 Å². The topological polar surface area (TPSA) is 119 Å². The van der Waals surface area contributed by atoms with E-state index in [0.29, 0.717) is 26.2 Å². The number of H-pyrrole nitrogens is 1. The second-order valence-electron chi connectivity index (χ2n) is 19.0. The number of carbonyl (C=O) groups excluding carboxylic acids is 2. The number of aromatic nitrogens is 2. The number of amides is 2. The van der Waals surface area contributed by atoms with Crippen LogP contribution in [0.2, 0.25) is 0 Å². The van der Waals surface area contributed by atoms with E-state index in [9.17, 15) is 9.59 Å². The molecule has 2 aliphatic carbocycles. The average Bonchev–Trinajstić information content (AvgIpc) is 3.74. The summed E-state index contributed by atoms with van der Waals surface area (Å²) >= 11 is 3.76. The molecule has 7 aliphatic rings. The zero-order chi connectivity index (χ0) is 38.2. The lowest BCUT2D eigenvalue weighted by atomic mass is 9.86. The minimum atomic E-state index is -0.574. The molecule has 2 spiro atoms. The standard InChI is InChI=1S/C43H48BrN5O6/c1-40(2,3)54-38(50)48-21-42(7-8-42)16-29(48)28-13-25(18-45-28)23-11-26-19-53-32-15-24(12-27-20-52-31(14-23)33(26)34(27)32)35-36(44)47-37(46-35)30-17-43(9-10-43)22-49(30)39(51)55-41(4,5)6/h11-12,14-15,18,29-30H,7-10,13,16-17,19-22H2,1-6H3,(H,46,47)/t29-,30-/m0/s1. The van der Waals surface area contributed by atoms with Gasteiger partial charge in [0, 0.05) is 59.2 Å². The first-order valence-corrected chi connectivity index (χ1v) is 20.5. The molecule has 6 heterocycles. The number of likely N-dealkylation sites (tertiary alicyclic amines) is 2. The van der Waals surface area contributed by atoms with E-state index >= 15 is 0 Å². The van der Waals surface area contributed by atoms with Gasteiger partial charge in [0.15, 0.2) is 0 Å². The van der Waals surface area contributed by atoms with E-state index in [-0.39, 0.29) is 35.1 Å². The Balaban J connectivity index is 0.898. The van der Waals surface area contributed by atoms with Crippen molar-refractivity contribution in [2.24, 2.45) is 15.8 Å². The number of hydrogen-bond donors (Lipinski definition) is 1. The number of aliphatic imine (C=N–C) groups is 1. The number of rotatable bonds is 4. The number of nitrogens with zero attached hydrogens (tertiary/aromatic N) is 4. The fourth-order valence-corrected chi connectivity index (χ4v) is 9.83. The molecule has 1 N–H and O–H groups in total. The third-order valence-electron chi connectivity index (χ3n) is 12.4. The summed E-state index contributed by atoms with van der Waals surface area (Å²) in [6.45, 7) is 13.7. The van der Waals surface area contributed by atoms with Crippen molar-refractivity contribution in [1.82, 2.24) is 19.8 Å². The van der Waals surface area contributed by atoms with Gasteiger partial charge >= 0.3 is 12.2 Å². The van der Waals surface area contributed by atoms with Crippen LogP contribution in [0, 0.1) is 10.8 Å². The number of carbonyl (C=O) groups is 2. The first kappa shape index (κ1) is 35.1. The fourth-order valence-electron chi connectivity index (χ4n) is 9.31. The summed E-state index contributed by atoms with van der Waals surface area (Å²) < 4.78 is 25.4. The molecule has 2 atom stereocenters. The highest BCUT2D eigenvalue weighted by atomic mass is 79.9. The zero-order valence-electron chi connectivity index (χ0n) is 32.4. The van der Waals surface area contributed by atoms with Crippen molar-refractivity contribution in [2.45, 2.75) is 123 Å². The summed E-state index contributed by atoms with van der Waals surface area (Å²) in [6.07, 6.45) is 8.48. The second kappa shape index (κ2) is 11.8. The highest BCUT2D eigenvalue weighted by Gasteiger charge is 2.56. The van der Waals surface area contributed by atoms with E-state index in [2.05, 4.69) is 45.2 Å². The number of allylic oxidation sites excluding steroid dienone is 1. The molecule has 12 heteroatoms. The highest BCUT2D eigenvalue weighted by Crippen LogP contribution is 2.59. The number of imidazole rings is 1. The van der Waals surface area contributed by atoms with Crippen LogP contribution in [-0.4, -0.2) is 68.0 Å². The van der Waals surface area contributed by atoms with Gasteiger partial charge in [-0.1, -0.05) is 0 Å². The third-order valence-corrected chi connectivity index (χ3v) is 12.9. The van der Waals surface area contributed by atoms with Crippen molar-refractivity contribution >= 4 is 39.4 Å². The molecule has 0 radical (unpaired) electrons. The Labute approximate surface area is 330 Å². The van der Waals surface area contributed by atoms with Crippen LogP contribution in [-0.2, 0) is 22.7 Å². The third kappa shape index (κ3) is 6.23. The van der Waals surface area contributed by atoms with Crippen LogP contribution >= 0.6 is 15.9 Å². The normalized spacial score (nSPS) is 23.6. The molecule has 3 aromatic rings. The summed E-state index contributed by atoms with van der Waals surface area (Å²) in [4.78, 5) is 43.9. The van der Waals surface area contributed by atoms with E-state index in [4.69, 9.17) is 28.9 Å². The smallest absolute Gasteiger partial charge is 0.410 e. The van der Waals surface area contributed by atoms with Gasteiger partial charge in [-0.15, -0.1) is 0 Å². The van der Waals surface area contributed by atoms with Crippen molar-refractivity contribution in [3.63, 3.8) is 0 Å². The van der Waals surface area contributed by atoms with Gasteiger partial charge in [0.1, 0.15) is 52.0 Å². The summed E-state index contributed by atoms with van der Waals surface area (Å²) in [6, 6.07) is 8.33. The Morgan fingerprint density at radius 1 is 0.800 bits per heavy atom. The van der Waals surface area contributed by atoms with E-state index < -0.39 is 11.2 Å². The Morgan fingerprint density at radius 2 is 1.33 bits per heavy atom. The first-order valence-electron chi connectivity index (χ1n) is 19.7. The Kier molecular flexibility index (Phi) is 7.57. The molecule has 2 saturated carbocycles. The van der Waals surface area contributed by atoms with Crippen molar-refractivity contribution in [3.05, 3.63) is 57.6 Å². The van der Waals surface area contributed by atoms with Gasteiger partial charge in [-0.05, 0) is 142 Å². The van der Waals surface area contributed by atoms with Gasteiger partial charge in [0.25, 0.3) is 0 Å².